The average Bonchev–Trinajstić information content (AvgIpc) is 3.16. The number of carbonyl (C=O) groups excluding carboxylic acids is 3. The molecule has 1 aromatic heterocycles. The summed E-state index contributed by atoms with van der Waals surface area (Å²) < 4.78 is 1.85. The number of nitrogens with one attached hydrogen (secondary N) is 1. The van der Waals surface area contributed by atoms with E-state index in [1.165, 1.54) is 0 Å². The van der Waals surface area contributed by atoms with E-state index < -0.39 is 5.54 Å². The second-order valence-corrected chi connectivity index (χ2v) is 8.50. The van der Waals surface area contributed by atoms with Crippen LogP contribution < -0.4 is 5.32 Å². The normalized spacial score (nSPS) is 18.2. The Labute approximate surface area is 182 Å². The first kappa shape index (κ1) is 21.1. The lowest BCUT2D eigenvalue weighted by atomic mass is 9.81. The van der Waals surface area contributed by atoms with Crippen LogP contribution in [0.25, 0.3) is 5.69 Å². The van der Waals surface area contributed by atoms with E-state index in [4.69, 9.17) is 0 Å². The van der Waals surface area contributed by atoms with E-state index in [1.807, 2.05) is 48.9 Å². The lowest BCUT2D eigenvalue weighted by molar-refractivity contribution is -0.137. The van der Waals surface area contributed by atoms with Crippen molar-refractivity contribution >= 4 is 17.8 Å². The highest BCUT2D eigenvalue weighted by Crippen LogP contribution is 2.39. The minimum atomic E-state index is -0.764. The largest absolute Gasteiger partial charge is 0.350 e. The minimum Gasteiger partial charge on any atom is -0.350 e. The number of benzene rings is 1. The summed E-state index contributed by atoms with van der Waals surface area (Å²) >= 11 is 0. The predicted octanol–water partition coefficient (Wildman–Crippen LogP) is 2.70. The highest BCUT2D eigenvalue weighted by Gasteiger charge is 2.55. The SMILES string of the molecule is Cc1nn(-c2ccccc2)c(C)c1CNC(=O)CN1C(=O)N(C)C2(CCCCC2)C1=O. The zero-order valence-corrected chi connectivity index (χ0v) is 18.4. The Kier molecular flexibility index (Phi) is 5.56. The van der Waals surface area contributed by atoms with Gasteiger partial charge in [0.2, 0.25) is 5.91 Å². The van der Waals surface area contributed by atoms with Crippen LogP contribution in [0.3, 0.4) is 0 Å². The van der Waals surface area contributed by atoms with Gasteiger partial charge in [-0.05, 0) is 38.8 Å². The summed E-state index contributed by atoms with van der Waals surface area (Å²) in [5.41, 5.74) is 2.89. The molecule has 31 heavy (non-hydrogen) atoms. The van der Waals surface area contributed by atoms with Crippen LogP contribution in [0.1, 0.15) is 49.1 Å². The van der Waals surface area contributed by atoms with E-state index in [0.29, 0.717) is 19.4 Å². The molecule has 164 valence electrons. The van der Waals surface area contributed by atoms with Crippen molar-refractivity contribution in [1.82, 2.24) is 24.9 Å². The zero-order chi connectivity index (χ0) is 22.2. The number of hydrogen-bond donors (Lipinski definition) is 1. The Bertz CT molecular complexity index is 1010. The summed E-state index contributed by atoms with van der Waals surface area (Å²) in [6.45, 7) is 3.91. The molecule has 8 nitrogen and oxygen atoms in total. The Balaban J connectivity index is 1.43. The van der Waals surface area contributed by atoms with E-state index in [2.05, 4.69) is 10.4 Å². The first-order valence-corrected chi connectivity index (χ1v) is 10.8. The van der Waals surface area contributed by atoms with Crippen molar-refractivity contribution < 1.29 is 14.4 Å². The van der Waals surface area contributed by atoms with Gasteiger partial charge in [-0.3, -0.25) is 14.5 Å². The molecule has 2 aliphatic rings. The number of amides is 4. The summed E-state index contributed by atoms with van der Waals surface area (Å²) in [6.07, 6.45) is 4.26. The van der Waals surface area contributed by atoms with Crippen molar-refractivity contribution in [2.75, 3.05) is 13.6 Å². The number of imide groups is 1. The number of aryl methyl sites for hydroxylation is 1. The number of urea groups is 1. The van der Waals surface area contributed by atoms with E-state index in [-0.39, 0.29) is 24.4 Å². The molecule has 2 aromatic rings. The summed E-state index contributed by atoms with van der Waals surface area (Å²) in [5, 5.41) is 7.46. The number of hydrogen-bond acceptors (Lipinski definition) is 4. The lowest BCUT2D eigenvalue weighted by Crippen LogP contribution is -2.49. The molecule has 4 amide bonds. The van der Waals surface area contributed by atoms with Gasteiger partial charge >= 0.3 is 6.03 Å². The van der Waals surface area contributed by atoms with Gasteiger partial charge in [0.05, 0.1) is 11.4 Å². The van der Waals surface area contributed by atoms with E-state index >= 15 is 0 Å². The van der Waals surface area contributed by atoms with Crippen molar-refractivity contribution in [1.29, 1.82) is 0 Å². The van der Waals surface area contributed by atoms with Crippen molar-refractivity contribution in [3.05, 3.63) is 47.3 Å². The van der Waals surface area contributed by atoms with Crippen LogP contribution in [0.4, 0.5) is 4.79 Å². The van der Waals surface area contributed by atoms with Gasteiger partial charge in [0.15, 0.2) is 0 Å². The second kappa shape index (κ2) is 8.17. The third-order valence-corrected chi connectivity index (χ3v) is 6.69. The first-order chi connectivity index (χ1) is 14.8. The second-order valence-electron chi connectivity index (χ2n) is 8.50. The molecular formula is C23H29N5O3. The molecule has 0 bridgehead atoms. The van der Waals surface area contributed by atoms with Crippen molar-refractivity contribution in [2.45, 2.75) is 58.0 Å². The van der Waals surface area contributed by atoms with Crippen LogP contribution in [0, 0.1) is 13.8 Å². The Morgan fingerprint density at radius 1 is 1.10 bits per heavy atom. The standard InChI is InChI=1S/C23H29N5O3/c1-16-19(17(2)28(25-16)18-10-6-4-7-11-18)14-24-20(29)15-27-21(30)23(26(3)22(27)31)12-8-5-9-13-23/h4,6-7,10-11H,5,8-9,12-15H2,1-3H3,(H,24,29). The molecule has 0 atom stereocenters. The molecule has 1 aromatic carbocycles. The van der Waals surface area contributed by atoms with Crippen LogP contribution >= 0.6 is 0 Å². The first-order valence-electron chi connectivity index (χ1n) is 10.8. The van der Waals surface area contributed by atoms with Gasteiger partial charge in [0, 0.05) is 24.8 Å². The van der Waals surface area contributed by atoms with Gasteiger partial charge in [-0.15, -0.1) is 0 Å². The van der Waals surface area contributed by atoms with Crippen LogP contribution in [-0.2, 0) is 16.1 Å². The smallest absolute Gasteiger partial charge is 0.327 e. The topological polar surface area (TPSA) is 87.5 Å². The maximum absolute atomic E-state index is 13.1. The maximum Gasteiger partial charge on any atom is 0.327 e. The number of para-hydroxylation sites is 1. The predicted molar refractivity (Wildman–Crippen MR) is 116 cm³/mol. The van der Waals surface area contributed by atoms with Crippen LogP contribution in [0.15, 0.2) is 30.3 Å². The molecule has 1 saturated carbocycles. The van der Waals surface area contributed by atoms with Crippen molar-refractivity contribution in [3.63, 3.8) is 0 Å². The van der Waals surface area contributed by atoms with Crippen molar-refractivity contribution in [2.24, 2.45) is 0 Å². The van der Waals surface area contributed by atoms with Gasteiger partial charge in [-0.25, -0.2) is 9.48 Å². The molecular weight excluding hydrogens is 394 g/mol. The van der Waals surface area contributed by atoms with E-state index in [0.717, 1.165) is 46.8 Å². The van der Waals surface area contributed by atoms with Gasteiger partial charge in [-0.2, -0.15) is 5.10 Å². The van der Waals surface area contributed by atoms with E-state index in [1.54, 1.807) is 11.9 Å². The van der Waals surface area contributed by atoms with Gasteiger partial charge in [0.25, 0.3) is 5.91 Å². The van der Waals surface area contributed by atoms with Gasteiger partial charge < -0.3 is 10.2 Å². The summed E-state index contributed by atoms with van der Waals surface area (Å²) in [5.74, 6) is -0.590. The molecule has 1 saturated heterocycles. The molecule has 8 heteroatoms. The number of likely N-dealkylation sites (N-methyl/N-ethyl adjacent to an activating group) is 1. The lowest BCUT2D eigenvalue weighted by Gasteiger charge is -2.35. The highest BCUT2D eigenvalue weighted by atomic mass is 16.2. The molecule has 1 N–H and O–H groups in total. The quantitative estimate of drug-likeness (QED) is 0.749. The Morgan fingerprint density at radius 2 is 1.77 bits per heavy atom. The average molecular weight is 424 g/mol. The molecule has 4 rings (SSSR count). The monoisotopic (exact) mass is 423 g/mol. The fourth-order valence-corrected chi connectivity index (χ4v) is 4.81. The summed E-state index contributed by atoms with van der Waals surface area (Å²) in [4.78, 5) is 41.0. The number of nitrogens with zero attached hydrogens (tertiary/aromatic N) is 4. The number of rotatable bonds is 5. The minimum absolute atomic E-state index is 0.237. The fourth-order valence-electron chi connectivity index (χ4n) is 4.81. The van der Waals surface area contributed by atoms with E-state index in [9.17, 15) is 14.4 Å². The third-order valence-electron chi connectivity index (χ3n) is 6.69. The van der Waals surface area contributed by atoms with Crippen LogP contribution in [-0.4, -0.2) is 56.6 Å². The van der Waals surface area contributed by atoms with Gasteiger partial charge in [-0.1, -0.05) is 37.5 Å². The molecule has 1 spiro atoms. The zero-order valence-electron chi connectivity index (χ0n) is 18.4. The Morgan fingerprint density at radius 3 is 2.45 bits per heavy atom. The number of aromatic nitrogens is 2. The Hall–Kier alpha value is -3.16. The summed E-state index contributed by atoms with van der Waals surface area (Å²) in [7, 11) is 1.67. The van der Waals surface area contributed by atoms with Crippen molar-refractivity contribution in [3.8, 4) is 5.69 Å². The highest BCUT2D eigenvalue weighted by molar-refractivity contribution is 6.08. The molecule has 0 unspecified atom stereocenters. The van der Waals surface area contributed by atoms with Crippen LogP contribution in [0.5, 0.6) is 0 Å². The molecule has 1 aliphatic carbocycles. The summed E-state index contributed by atoms with van der Waals surface area (Å²) in [6, 6.07) is 9.42. The molecule has 1 aliphatic heterocycles. The third kappa shape index (κ3) is 3.60. The molecule has 2 heterocycles. The fraction of sp³-hybridized carbons (Fsp3) is 0.478. The number of carbonyl (C=O) groups is 3. The molecule has 0 radical (unpaired) electrons. The maximum atomic E-state index is 13.1. The van der Waals surface area contributed by atoms with Crippen LogP contribution in [0.2, 0.25) is 0 Å². The van der Waals surface area contributed by atoms with Gasteiger partial charge in [0.1, 0.15) is 12.1 Å². The molecule has 2 fully saturated rings.